The van der Waals surface area contributed by atoms with Gasteiger partial charge in [-0.1, -0.05) is 19.1 Å². The van der Waals surface area contributed by atoms with Gasteiger partial charge in [-0.3, -0.25) is 14.5 Å². The van der Waals surface area contributed by atoms with E-state index in [4.69, 9.17) is 0 Å². The number of amides is 1. The maximum atomic E-state index is 12.0. The van der Waals surface area contributed by atoms with E-state index in [9.17, 15) is 9.59 Å². The van der Waals surface area contributed by atoms with Crippen LogP contribution in [0.15, 0.2) is 24.3 Å². The van der Waals surface area contributed by atoms with Crippen LogP contribution in [0.5, 0.6) is 0 Å². The highest BCUT2D eigenvalue weighted by atomic mass is 16.1. The van der Waals surface area contributed by atoms with E-state index in [1.165, 1.54) is 0 Å². The Balaban J connectivity index is 1.78. The molecule has 0 atom stereocenters. The third-order valence-corrected chi connectivity index (χ3v) is 3.71. The van der Waals surface area contributed by atoms with Crippen molar-refractivity contribution in [2.75, 3.05) is 39.3 Å². The maximum absolute atomic E-state index is 12.0. The van der Waals surface area contributed by atoms with Gasteiger partial charge in [-0.15, -0.1) is 0 Å². The smallest absolute Gasteiger partial charge is 0.251 e. The first-order chi connectivity index (χ1) is 10.2. The van der Waals surface area contributed by atoms with Crippen molar-refractivity contribution in [3.8, 4) is 0 Å². The van der Waals surface area contributed by atoms with Crippen molar-refractivity contribution in [1.29, 1.82) is 0 Å². The molecular formula is C16H23N3O2. The SMILES string of the molecule is CCC(=O)c1ccc(C(=O)NCCN2CCNCC2)cc1. The van der Waals surface area contributed by atoms with Crippen LogP contribution in [0, 0.1) is 0 Å². The van der Waals surface area contributed by atoms with E-state index in [0.29, 0.717) is 24.1 Å². The Hall–Kier alpha value is -1.72. The molecule has 0 spiro atoms. The van der Waals surface area contributed by atoms with E-state index < -0.39 is 0 Å². The van der Waals surface area contributed by atoms with E-state index in [1.54, 1.807) is 24.3 Å². The number of rotatable bonds is 6. The molecule has 1 fully saturated rings. The van der Waals surface area contributed by atoms with Gasteiger partial charge in [0.15, 0.2) is 5.78 Å². The number of carbonyl (C=O) groups excluding carboxylic acids is 2. The summed E-state index contributed by atoms with van der Waals surface area (Å²) in [5.74, 6) is 0.0151. The van der Waals surface area contributed by atoms with Crippen molar-refractivity contribution in [1.82, 2.24) is 15.5 Å². The lowest BCUT2D eigenvalue weighted by atomic mass is 10.1. The molecule has 114 valence electrons. The summed E-state index contributed by atoms with van der Waals surface area (Å²) < 4.78 is 0. The predicted molar refractivity (Wildman–Crippen MR) is 82.7 cm³/mol. The van der Waals surface area contributed by atoms with Crippen LogP contribution in [0.3, 0.4) is 0 Å². The molecule has 1 aromatic carbocycles. The highest BCUT2D eigenvalue weighted by molar-refractivity contribution is 5.98. The average Bonchev–Trinajstić information content (AvgIpc) is 2.55. The summed E-state index contributed by atoms with van der Waals surface area (Å²) in [5.41, 5.74) is 1.26. The summed E-state index contributed by atoms with van der Waals surface area (Å²) in [6.07, 6.45) is 0.482. The summed E-state index contributed by atoms with van der Waals surface area (Å²) >= 11 is 0. The first-order valence-corrected chi connectivity index (χ1v) is 7.55. The Kier molecular flexibility index (Phi) is 5.90. The number of Topliss-reactive ketones (excluding diaryl/α,β-unsaturated/α-hetero) is 1. The van der Waals surface area contributed by atoms with Gasteiger partial charge < -0.3 is 10.6 Å². The van der Waals surface area contributed by atoms with E-state index in [0.717, 1.165) is 32.7 Å². The molecule has 1 heterocycles. The van der Waals surface area contributed by atoms with Crippen LogP contribution in [-0.2, 0) is 0 Å². The minimum Gasteiger partial charge on any atom is -0.351 e. The first kappa shape index (κ1) is 15.7. The van der Waals surface area contributed by atoms with Gasteiger partial charge in [-0.25, -0.2) is 0 Å². The molecule has 2 rings (SSSR count). The number of hydrogen-bond acceptors (Lipinski definition) is 4. The number of piperazine rings is 1. The van der Waals surface area contributed by atoms with E-state index in [2.05, 4.69) is 15.5 Å². The number of hydrogen-bond donors (Lipinski definition) is 2. The van der Waals surface area contributed by atoms with E-state index >= 15 is 0 Å². The molecule has 1 aliphatic rings. The molecule has 0 aliphatic carbocycles. The lowest BCUT2D eigenvalue weighted by Gasteiger charge is -2.27. The summed E-state index contributed by atoms with van der Waals surface area (Å²) in [6, 6.07) is 6.86. The molecule has 0 bridgehead atoms. The van der Waals surface area contributed by atoms with Gasteiger partial charge >= 0.3 is 0 Å². The zero-order chi connectivity index (χ0) is 15.1. The number of carbonyl (C=O) groups is 2. The summed E-state index contributed by atoms with van der Waals surface area (Å²) in [6.45, 7) is 7.45. The van der Waals surface area contributed by atoms with Gasteiger partial charge in [0.05, 0.1) is 0 Å². The molecule has 0 aromatic heterocycles. The lowest BCUT2D eigenvalue weighted by molar-refractivity contribution is 0.0944. The maximum Gasteiger partial charge on any atom is 0.251 e. The van der Waals surface area contributed by atoms with Crippen LogP contribution >= 0.6 is 0 Å². The Labute approximate surface area is 125 Å². The highest BCUT2D eigenvalue weighted by Crippen LogP contribution is 2.07. The van der Waals surface area contributed by atoms with E-state index in [-0.39, 0.29) is 11.7 Å². The van der Waals surface area contributed by atoms with Crippen LogP contribution in [0.4, 0.5) is 0 Å². The molecule has 0 saturated carbocycles. The van der Waals surface area contributed by atoms with Gasteiger partial charge in [-0.2, -0.15) is 0 Å². The molecular weight excluding hydrogens is 266 g/mol. The normalized spacial score (nSPS) is 15.7. The molecule has 0 radical (unpaired) electrons. The molecule has 1 aliphatic heterocycles. The molecule has 0 unspecified atom stereocenters. The molecule has 1 amide bonds. The highest BCUT2D eigenvalue weighted by Gasteiger charge is 2.10. The van der Waals surface area contributed by atoms with Crippen molar-refractivity contribution in [3.05, 3.63) is 35.4 Å². The second kappa shape index (κ2) is 7.90. The van der Waals surface area contributed by atoms with Crippen LogP contribution in [0.1, 0.15) is 34.1 Å². The van der Waals surface area contributed by atoms with Gasteiger partial charge in [0.1, 0.15) is 0 Å². The largest absolute Gasteiger partial charge is 0.351 e. The zero-order valence-corrected chi connectivity index (χ0v) is 12.5. The fraction of sp³-hybridized carbons (Fsp3) is 0.500. The number of benzene rings is 1. The Bertz CT molecular complexity index is 479. The molecule has 2 N–H and O–H groups in total. The van der Waals surface area contributed by atoms with Crippen molar-refractivity contribution in [2.24, 2.45) is 0 Å². The van der Waals surface area contributed by atoms with Gasteiger partial charge in [0.2, 0.25) is 0 Å². The zero-order valence-electron chi connectivity index (χ0n) is 12.5. The minimum absolute atomic E-state index is 0.0827. The fourth-order valence-corrected chi connectivity index (χ4v) is 2.38. The number of nitrogens with one attached hydrogen (secondary N) is 2. The second-order valence-corrected chi connectivity index (χ2v) is 5.20. The first-order valence-electron chi connectivity index (χ1n) is 7.55. The lowest BCUT2D eigenvalue weighted by Crippen LogP contribution is -2.46. The van der Waals surface area contributed by atoms with Crippen molar-refractivity contribution >= 4 is 11.7 Å². The Morgan fingerprint density at radius 1 is 1.14 bits per heavy atom. The summed E-state index contributed by atoms with van der Waals surface area (Å²) in [5, 5.41) is 6.23. The third kappa shape index (κ3) is 4.65. The number of nitrogens with zero attached hydrogens (tertiary/aromatic N) is 1. The molecule has 21 heavy (non-hydrogen) atoms. The fourth-order valence-electron chi connectivity index (χ4n) is 2.38. The number of ketones is 1. The van der Waals surface area contributed by atoms with Crippen molar-refractivity contribution in [2.45, 2.75) is 13.3 Å². The third-order valence-electron chi connectivity index (χ3n) is 3.71. The molecule has 5 heteroatoms. The van der Waals surface area contributed by atoms with Crippen LogP contribution in [0.2, 0.25) is 0 Å². The second-order valence-electron chi connectivity index (χ2n) is 5.20. The van der Waals surface area contributed by atoms with Crippen molar-refractivity contribution in [3.63, 3.8) is 0 Å². The van der Waals surface area contributed by atoms with Gasteiger partial charge in [-0.05, 0) is 12.1 Å². The monoisotopic (exact) mass is 289 g/mol. The molecule has 5 nitrogen and oxygen atoms in total. The summed E-state index contributed by atoms with van der Waals surface area (Å²) in [4.78, 5) is 25.9. The Morgan fingerprint density at radius 2 is 1.76 bits per heavy atom. The van der Waals surface area contributed by atoms with Crippen molar-refractivity contribution < 1.29 is 9.59 Å². The topological polar surface area (TPSA) is 61.4 Å². The summed E-state index contributed by atoms with van der Waals surface area (Å²) in [7, 11) is 0. The quantitative estimate of drug-likeness (QED) is 0.764. The molecule has 1 saturated heterocycles. The van der Waals surface area contributed by atoms with E-state index in [1.807, 2.05) is 6.92 Å². The standard InChI is InChI=1S/C16H23N3O2/c1-2-15(20)13-3-5-14(6-4-13)16(21)18-9-12-19-10-7-17-8-11-19/h3-6,17H,2,7-12H2,1H3,(H,18,21). The van der Waals surface area contributed by atoms with Gasteiger partial charge in [0, 0.05) is 56.8 Å². The minimum atomic E-state index is -0.0827. The predicted octanol–water partition coefficient (Wildman–Crippen LogP) is 0.914. The van der Waals surface area contributed by atoms with Gasteiger partial charge in [0.25, 0.3) is 5.91 Å². The van der Waals surface area contributed by atoms with Crippen LogP contribution in [0.25, 0.3) is 0 Å². The Morgan fingerprint density at radius 3 is 2.38 bits per heavy atom. The molecule has 1 aromatic rings. The van der Waals surface area contributed by atoms with Crippen LogP contribution in [-0.4, -0.2) is 55.9 Å². The van der Waals surface area contributed by atoms with Crippen LogP contribution < -0.4 is 10.6 Å². The average molecular weight is 289 g/mol.